The monoisotopic (exact) mass is 808 g/mol. The quantitative estimate of drug-likeness (QED) is 0.0420. The Labute approximate surface area is 356 Å². The number of aliphatic hydroxyl groups is 2. The fourth-order valence-electron chi connectivity index (χ4n) is 8.26. The molecule has 6 nitrogen and oxygen atoms in total. The Hall–Kier alpha value is -1.14. The van der Waals surface area contributed by atoms with Crippen molar-refractivity contribution in [2.24, 2.45) is 0 Å². The van der Waals surface area contributed by atoms with E-state index in [4.69, 9.17) is 4.74 Å². The molecule has 3 unspecified atom stereocenters. The molecule has 3 N–H and O–H groups in total. The summed E-state index contributed by atoms with van der Waals surface area (Å²) in [4.78, 5) is 26.1. The average molecular weight is 808 g/mol. The Morgan fingerprint density at radius 1 is 0.439 bits per heavy atom. The van der Waals surface area contributed by atoms with Gasteiger partial charge in [0, 0.05) is 6.42 Å². The van der Waals surface area contributed by atoms with Crippen molar-refractivity contribution in [1.29, 1.82) is 0 Å². The van der Waals surface area contributed by atoms with Crippen LogP contribution in [-0.4, -0.2) is 46.9 Å². The third-order valence-corrected chi connectivity index (χ3v) is 12.2. The van der Waals surface area contributed by atoms with E-state index in [0.717, 1.165) is 38.5 Å². The summed E-state index contributed by atoms with van der Waals surface area (Å²) in [5.41, 5.74) is 0. The number of esters is 1. The van der Waals surface area contributed by atoms with Gasteiger partial charge in [-0.25, -0.2) is 0 Å². The fourth-order valence-corrected chi connectivity index (χ4v) is 8.26. The predicted octanol–water partition coefficient (Wildman–Crippen LogP) is 15.2. The van der Waals surface area contributed by atoms with Crippen LogP contribution in [0.25, 0.3) is 0 Å². The molecule has 0 fully saturated rings. The van der Waals surface area contributed by atoms with Crippen LogP contribution in [0.4, 0.5) is 0 Å². The molecule has 6 heteroatoms. The van der Waals surface area contributed by atoms with Gasteiger partial charge in [0.25, 0.3) is 0 Å². The van der Waals surface area contributed by atoms with Crippen molar-refractivity contribution in [2.75, 3.05) is 6.61 Å². The predicted molar refractivity (Wildman–Crippen MR) is 246 cm³/mol. The van der Waals surface area contributed by atoms with Crippen molar-refractivity contribution >= 4 is 11.9 Å². The van der Waals surface area contributed by atoms with Crippen LogP contribution in [0.1, 0.15) is 290 Å². The van der Waals surface area contributed by atoms with Gasteiger partial charge < -0.3 is 20.3 Å². The Morgan fingerprint density at radius 3 is 1.07 bits per heavy atom. The molecule has 340 valence electrons. The molecular weight excluding hydrogens is 707 g/mol. The largest absolute Gasteiger partial charge is 0.462 e. The van der Waals surface area contributed by atoms with E-state index in [9.17, 15) is 19.8 Å². The van der Waals surface area contributed by atoms with E-state index in [1.165, 1.54) is 205 Å². The highest BCUT2D eigenvalue weighted by Crippen LogP contribution is 2.19. The summed E-state index contributed by atoms with van der Waals surface area (Å²) in [6.45, 7) is 6.50. The summed E-state index contributed by atoms with van der Waals surface area (Å²) < 4.78 is 5.93. The number of unbranched alkanes of at least 4 members (excludes halogenated alkanes) is 35. The number of carbonyl (C=O) groups excluding carboxylic acids is 2. The molecule has 57 heavy (non-hydrogen) atoms. The SMILES string of the molecule is CCCCCCCCCCCCCCCCCC(=O)OC(CCCCCCCCCCCCC)CC(=O)NC(CO)C(O)CCCCCCCCCCCCCC. The highest BCUT2D eigenvalue weighted by atomic mass is 16.5. The molecule has 0 saturated carbocycles. The van der Waals surface area contributed by atoms with Gasteiger partial charge in [0.05, 0.1) is 25.2 Å². The lowest BCUT2D eigenvalue weighted by Crippen LogP contribution is -2.46. The van der Waals surface area contributed by atoms with E-state index in [-0.39, 0.29) is 24.9 Å². The number of rotatable bonds is 47. The van der Waals surface area contributed by atoms with E-state index in [1.54, 1.807) is 0 Å². The van der Waals surface area contributed by atoms with Gasteiger partial charge in [0.1, 0.15) is 6.10 Å². The second-order valence-corrected chi connectivity index (χ2v) is 17.9. The smallest absolute Gasteiger partial charge is 0.306 e. The molecule has 0 aliphatic carbocycles. The summed E-state index contributed by atoms with van der Waals surface area (Å²) in [5, 5.41) is 23.7. The fraction of sp³-hybridized carbons (Fsp3) is 0.961. The highest BCUT2D eigenvalue weighted by molar-refractivity contribution is 5.77. The molecule has 0 aliphatic rings. The van der Waals surface area contributed by atoms with Crippen molar-refractivity contribution < 1.29 is 24.5 Å². The minimum atomic E-state index is -0.778. The lowest BCUT2D eigenvalue weighted by molar-refractivity contribution is -0.151. The van der Waals surface area contributed by atoms with Crippen molar-refractivity contribution in [3.8, 4) is 0 Å². The van der Waals surface area contributed by atoms with Crippen LogP contribution in [0, 0.1) is 0 Å². The third-order valence-electron chi connectivity index (χ3n) is 12.2. The summed E-state index contributed by atoms with van der Waals surface area (Å²) in [5.74, 6) is -0.452. The molecule has 0 spiro atoms. The van der Waals surface area contributed by atoms with E-state index in [0.29, 0.717) is 19.3 Å². The zero-order valence-corrected chi connectivity index (χ0v) is 38.8. The van der Waals surface area contributed by atoms with Gasteiger partial charge in [-0.3, -0.25) is 9.59 Å². The standard InChI is InChI=1S/C51H101NO5/c1-4-7-10-13-16-19-22-24-25-26-29-32-35-38-41-44-51(56)57-47(42-39-36-33-30-27-21-18-15-12-9-6-3)45-50(55)52-48(46-53)49(54)43-40-37-34-31-28-23-20-17-14-11-8-5-2/h47-49,53-54H,4-46H2,1-3H3,(H,52,55). The summed E-state index contributed by atoms with van der Waals surface area (Å²) in [6, 6.07) is -0.691. The van der Waals surface area contributed by atoms with Gasteiger partial charge in [-0.1, -0.05) is 252 Å². The van der Waals surface area contributed by atoms with Crippen LogP contribution in [-0.2, 0) is 14.3 Å². The molecule has 1 amide bonds. The number of amides is 1. The number of ether oxygens (including phenoxy) is 1. The lowest BCUT2D eigenvalue weighted by atomic mass is 10.0. The van der Waals surface area contributed by atoms with Crippen molar-refractivity contribution in [3.63, 3.8) is 0 Å². The number of hydrogen-bond acceptors (Lipinski definition) is 5. The first-order valence-electron chi connectivity index (χ1n) is 25.8. The molecule has 0 heterocycles. The number of nitrogens with one attached hydrogen (secondary N) is 1. The molecule has 3 atom stereocenters. The Balaban J connectivity index is 4.48. The van der Waals surface area contributed by atoms with Crippen LogP contribution in [0.15, 0.2) is 0 Å². The number of aliphatic hydroxyl groups excluding tert-OH is 2. The molecule has 0 aromatic rings. The van der Waals surface area contributed by atoms with Crippen molar-refractivity contribution in [3.05, 3.63) is 0 Å². The molecule has 0 saturated heterocycles. The topological polar surface area (TPSA) is 95.9 Å². The summed E-state index contributed by atoms with van der Waals surface area (Å²) in [7, 11) is 0. The van der Waals surface area contributed by atoms with Crippen molar-refractivity contribution in [1.82, 2.24) is 5.32 Å². The molecule has 0 rings (SSSR count). The van der Waals surface area contributed by atoms with E-state index in [2.05, 4.69) is 26.1 Å². The first-order valence-corrected chi connectivity index (χ1v) is 25.8. The van der Waals surface area contributed by atoms with Gasteiger partial charge >= 0.3 is 5.97 Å². The van der Waals surface area contributed by atoms with Crippen LogP contribution in [0.3, 0.4) is 0 Å². The molecule has 0 aromatic carbocycles. The van der Waals surface area contributed by atoms with E-state index in [1.807, 2.05) is 0 Å². The van der Waals surface area contributed by atoms with E-state index < -0.39 is 18.2 Å². The zero-order valence-electron chi connectivity index (χ0n) is 38.8. The third kappa shape index (κ3) is 41.4. The Kier molecular flexibility index (Phi) is 45.0. The highest BCUT2D eigenvalue weighted by Gasteiger charge is 2.24. The zero-order chi connectivity index (χ0) is 41.7. The maximum Gasteiger partial charge on any atom is 0.306 e. The summed E-state index contributed by atoms with van der Waals surface area (Å²) >= 11 is 0. The maximum atomic E-state index is 13.2. The normalized spacial score (nSPS) is 13.1. The van der Waals surface area contributed by atoms with Crippen LogP contribution in [0.5, 0.6) is 0 Å². The van der Waals surface area contributed by atoms with Gasteiger partial charge in [-0.2, -0.15) is 0 Å². The first kappa shape index (κ1) is 55.9. The Morgan fingerprint density at radius 2 is 0.737 bits per heavy atom. The van der Waals surface area contributed by atoms with Crippen LogP contribution >= 0.6 is 0 Å². The molecule has 0 aliphatic heterocycles. The number of carbonyl (C=O) groups is 2. The molecular formula is C51H101NO5. The second kappa shape index (κ2) is 45.9. The summed E-state index contributed by atoms with van der Waals surface area (Å²) in [6.07, 6.45) is 48.7. The second-order valence-electron chi connectivity index (χ2n) is 17.9. The minimum absolute atomic E-state index is 0.0875. The van der Waals surface area contributed by atoms with Gasteiger partial charge in [-0.05, 0) is 25.7 Å². The van der Waals surface area contributed by atoms with Crippen molar-refractivity contribution in [2.45, 2.75) is 309 Å². The van der Waals surface area contributed by atoms with E-state index >= 15 is 0 Å². The van der Waals surface area contributed by atoms with Gasteiger partial charge in [-0.15, -0.1) is 0 Å². The molecule has 0 bridgehead atoms. The molecule has 0 aromatic heterocycles. The van der Waals surface area contributed by atoms with Gasteiger partial charge in [0.15, 0.2) is 0 Å². The first-order chi connectivity index (χ1) is 28.0. The minimum Gasteiger partial charge on any atom is -0.462 e. The lowest BCUT2D eigenvalue weighted by Gasteiger charge is -2.24. The molecule has 0 radical (unpaired) electrons. The van der Waals surface area contributed by atoms with Crippen LogP contribution < -0.4 is 5.32 Å². The average Bonchev–Trinajstić information content (AvgIpc) is 3.20. The maximum absolute atomic E-state index is 13.2. The van der Waals surface area contributed by atoms with Gasteiger partial charge in [0.2, 0.25) is 5.91 Å². The Bertz CT molecular complexity index is 821. The van der Waals surface area contributed by atoms with Crippen LogP contribution in [0.2, 0.25) is 0 Å². The number of hydrogen-bond donors (Lipinski definition) is 3.